The van der Waals surface area contributed by atoms with Gasteiger partial charge in [0.25, 0.3) is 0 Å². The molecule has 0 saturated carbocycles. The van der Waals surface area contributed by atoms with Gasteiger partial charge < -0.3 is 14.2 Å². The Bertz CT molecular complexity index is 262. The van der Waals surface area contributed by atoms with E-state index < -0.39 is 30.8 Å². The van der Waals surface area contributed by atoms with Gasteiger partial charge in [0, 0.05) is 20.3 Å². The highest BCUT2D eigenvalue weighted by molar-refractivity contribution is 5.69. The Morgan fingerprint density at radius 1 is 1.35 bits per heavy atom. The minimum absolute atomic E-state index is 0.0346. The fourth-order valence-electron chi connectivity index (χ4n) is 1.03. The predicted octanol–water partition coefficient (Wildman–Crippen LogP) is 1.50. The number of hydrogen-bond acceptors (Lipinski definition) is 5. The maximum absolute atomic E-state index is 12.4. The minimum Gasteiger partial charge on any atom is -0.469 e. The van der Waals surface area contributed by atoms with Crippen molar-refractivity contribution >= 4 is 11.9 Å². The zero-order valence-electron chi connectivity index (χ0n) is 10.00. The second-order valence-electron chi connectivity index (χ2n) is 3.47. The number of ether oxygens (including phenoxy) is 3. The van der Waals surface area contributed by atoms with Crippen LogP contribution in [0.15, 0.2) is 0 Å². The van der Waals surface area contributed by atoms with Gasteiger partial charge in [-0.3, -0.25) is 9.59 Å². The van der Waals surface area contributed by atoms with E-state index in [4.69, 9.17) is 4.74 Å². The SMILES string of the molecule is COC(=O)CCC(COC(C)(F)F)OC(C)=O. The first kappa shape index (κ1) is 15.8. The number of carbonyl (C=O) groups is 2. The van der Waals surface area contributed by atoms with Gasteiger partial charge in [-0.1, -0.05) is 0 Å². The number of methoxy groups -OCH3 is 1. The van der Waals surface area contributed by atoms with Crippen molar-refractivity contribution in [2.45, 2.75) is 38.9 Å². The van der Waals surface area contributed by atoms with Crippen LogP contribution in [-0.2, 0) is 23.8 Å². The van der Waals surface area contributed by atoms with Crippen molar-refractivity contribution in [1.29, 1.82) is 0 Å². The Hall–Kier alpha value is -1.24. The molecule has 0 radical (unpaired) electrons. The van der Waals surface area contributed by atoms with Gasteiger partial charge in [-0.05, 0) is 6.42 Å². The molecule has 0 heterocycles. The Morgan fingerprint density at radius 3 is 2.35 bits per heavy atom. The molecule has 0 rings (SSSR count). The molecule has 0 amide bonds. The molecular formula is C10H16F2O5. The highest BCUT2D eigenvalue weighted by atomic mass is 19.3. The van der Waals surface area contributed by atoms with Crippen molar-refractivity contribution in [3.8, 4) is 0 Å². The molecule has 0 aromatic rings. The Kier molecular flexibility index (Phi) is 6.64. The topological polar surface area (TPSA) is 61.8 Å². The third-order valence-electron chi connectivity index (χ3n) is 1.75. The summed E-state index contributed by atoms with van der Waals surface area (Å²) >= 11 is 0. The highest BCUT2D eigenvalue weighted by Crippen LogP contribution is 2.15. The number of hydrogen-bond donors (Lipinski definition) is 0. The van der Waals surface area contributed by atoms with E-state index in [1.165, 1.54) is 7.11 Å². The van der Waals surface area contributed by atoms with E-state index in [9.17, 15) is 18.4 Å². The average molecular weight is 254 g/mol. The fraction of sp³-hybridized carbons (Fsp3) is 0.800. The summed E-state index contributed by atoms with van der Waals surface area (Å²) < 4.78 is 38.2. The van der Waals surface area contributed by atoms with Crippen LogP contribution in [0.2, 0.25) is 0 Å². The van der Waals surface area contributed by atoms with Crippen LogP contribution in [-0.4, -0.2) is 37.9 Å². The first-order valence-corrected chi connectivity index (χ1v) is 5.00. The third kappa shape index (κ3) is 9.68. The molecule has 0 bridgehead atoms. The number of esters is 2. The molecule has 0 aromatic heterocycles. The Labute approximate surface area is 98.0 Å². The van der Waals surface area contributed by atoms with Crippen LogP contribution >= 0.6 is 0 Å². The lowest BCUT2D eigenvalue weighted by molar-refractivity contribution is -0.237. The van der Waals surface area contributed by atoms with E-state index in [1.807, 2.05) is 0 Å². The Balaban J connectivity index is 4.14. The maximum atomic E-state index is 12.4. The smallest absolute Gasteiger partial charge is 0.353 e. The normalized spacial score (nSPS) is 13.0. The molecule has 0 saturated heterocycles. The van der Waals surface area contributed by atoms with Crippen LogP contribution in [0.1, 0.15) is 26.7 Å². The van der Waals surface area contributed by atoms with Crippen LogP contribution < -0.4 is 0 Å². The standard InChI is InChI=1S/C10H16F2O5/c1-7(13)17-8(4-5-9(14)15-3)6-16-10(2,11)12/h8H,4-6H2,1-3H3. The quantitative estimate of drug-likeness (QED) is 0.644. The molecule has 0 spiro atoms. The summed E-state index contributed by atoms with van der Waals surface area (Å²) in [5.74, 6) is -1.13. The summed E-state index contributed by atoms with van der Waals surface area (Å²) in [6.45, 7) is 1.26. The number of alkyl halides is 2. The molecule has 17 heavy (non-hydrogen) atoms. The average Bonchev–Trinajstić information content (AvgIpc) is 2.19. The van der Waals surface area contributed by atoms with E-state index >= 15 is 0 Å². The molecule has 0 aromatic carbocycles. The van der Waals surface area contributed by atoms with E-state index in [1.54, 1.807) is 0 Å². The zero-order valence-corrected chi connectivity index (χ0v) is 10.00. The van der Waals surface area contributed by atoms with Crippen molar-refractivity contribution in [2.24, 2.45) is 0 Å². The number of rotatable bonds is 7. The van der Waals surface area contributed by atoms with Gasteiger partial charge in [-0.25, -0.2) is 0 Å². The van der Waals surface area contributed by atoms with Crippen molar-refractivity contribution in [3.63, 3.8) is 0 Å². The van der Waals surface area contributed by atoms with Gasteiger partial charge in [-0.15, -0.1) is 0 Å². The van der Waals surface area contributed by atoms with Gasteiger partial charge in [0.1, 0.15) is 6.10 Å². The summed E-state index contributed by atoms with van der Waals surface area (Å²) in [5.41, 5.74) is 0. The van der Waals surface area contributed by atoms with Crippen LogP contribution in [0.3, 0.4) is 0 Å². The van der Waals surface area contributed by atoms with Crippen molar-refractivity contribution < 1.29 is 32.6 Å². The summed E-state index contributed by atoms with van der Waals surface area (Å²) in [6.07, 6.45) is -4.16. The fourth-order valence-corrected chi connectivity index (χ4v) is 1.03. The zero-order chi connectivity index (χ0) is 13.5. The molecular weight excluding hydrogens is 238 g/mol. The second-order valence-corrected chi connectivity index (χ2v) is 3.47. The molecule has 100 valence electrons. The molecule has 0 aliphatic rings. The summed E-state index contributed by atoms with van der Waals surface area (Å²) in [5, 5.41) is 0. The van der Waals surface area contributed by atoms with Gasteiger partial charge >= 0.3 is 18.0 Å². The summed E-state index contributed by atoms with van der Waals surface area (Å²) in [6, 6.07) is 0. The molecule has 5 nitrogen and oxygen atoms in total. The van der Waals surface area contributed by atoms with Gasteiger partial charge in [0.05, 0.1) is 13.7 Å². The van der Waals surface area contributed by atoms with Crippen LogP contribution in [0.5, 0.6) is 0 Å². The first-order valence-electron chi connectivity index (χ1n) is 5.00. The van der Waals surface area contributed by atoms with Crippen molar-refractivity contribution in [2.75, 3.05) is 13.7 Å². The van der Waals surface area contributed by atoms with Crippen molar-refractivity contribution in [1.82, 2.24) is 0 Å². The lowest BCUT2D eigenvalue weighted by Crippen LogP contribution is -2.28. The number of carbonyl (C=O) groups excluding carboxylic acids is 2. The molecule has 1 atom stereocenters. The van der Waals surface area contributed by atoms with E-state index in [-0.39, 0.29) is 12.8 Å². The molecule has 1 unspecified atom stereocenters. The largest absolute Gasteiger partial charge is 0.469 e. The van der Waals surface area contributed by atoms with E-state index in [0.29, 0.717) is 6.92 Å². The molecule has 7 heteroatoms. The summed E-state index contributed by atoms with van der Waals surface area (Å²) in [4.78, 5) is 21.6. The molecule has 0 fully saturated rings. The summed E-state index contributed by atoms with van der Waals surface area (Å²) in [7, 11) is 1.21. The maximum Gasteiger partial charge on any atom is 0.353 e. The molecule has 0 N–H and O–H groups in total. The minimum atomic E-state index is -3.30. The van der Waals surface area contributed by atoms with Crippen LogP contribution in [0, 0.1) is 0 Å². The highest BCUT2D eigenvalue weighted by Gasteiger charge is 2.25. The molecule has 0 aliphatic heterocycles. The third-order valence-corrected chi connectivity index (χ3v) is 1.75. The Morgan fingerprint density at radius 2 is 1.94 bits per heavy atom. The monoisotopic (exact) mass is 254 g/mol. The predicted molar refractivity (Wildman–Crippen MR) is 53.4 cm³/mol. The van der Waals surface area contributed by atoms with Gasteiger partial charge in [-0.2, -0.15) is 8.78 Å². The van der Waals surface area contributed by atoms with Crippen LogP contribution in [0.4, 0.5) is 8.78 Å². The first-order chi connectivity index (χ1) is 7.74. The second kappa shape index (κ2) is 7.16. The van der Waals surface area contributed by atoms with Gasteiger partial charge in [0.2, 0.25) is 0 Å². The van der Waals surface area contributed by atoms with E-state index in [0.717, 1.165) is 6.92 Å². The molecule has 0 aliphatic carbocycles. The van der Waals surface area contributed by atoms with E-state index in [2.05, 4.69) is 9.47 Å². The van der Waals surface area contributed by atoms with Crippen LogP contribution in [0.25, 0.3) is 0 Å². The lowest BCUT2D eigenvalue weighted by atomic mass is 10.2. The van der Waals surface area contributed by atoms with Crippen molar-refractivity contribution in [3.05, 3.63) is 0 Å². The van der Waals surface area contributed by atoms with Gasteiger partial charge in [0.15, 0.2) is 0 Å². The number of halogens is 2. The lowest BCUT2D eigenvalue weighted by Gasteiger charge is -2.19.